The molecule has 2 N–H and O–H groups in total. The van der Waals surface area contributed by atoms with Crippen LogP contribution >= 0.6 is 0 Å². The molecule has 0 radical (unpaired) electrons. The Morgan fingerprint density at radius 2 is 1.62 bits per heavy atom. The van der Waals surface area contributed by atoms with Gasteiger partial charge in [0.2, 0.25) is 0 Å². The second-order valence-corrected chi connectivity index (χ2v) is 5.50. The number of nitrogens with one attached hydrogen (secondary N) is 1. The van der Waals surface area contributed by atoms with Crippen LogP contribution in [0.25, 0.3) is 10.8 Å². The molecule has 0 bridgehead atoms. The molecule has 0 saturated heterocycles. The second kappa shape index (κ2) is 6.87. The molecule has 0 aliphatic carbocycles. The number of hydrazone groups is 1. The summed E-state index contributed by atoms with van der Waals surface area (Å²) in [5, 5.41) is 15.1. The van der Waals surface area contributed by atoms with E-state index in [0.29, 0.717) is 0 Å². The number of alkyl halides is 3. The average Bonchev–Trinajstić information content (AvgIpc) is 2.60. The zero-order valence-electron chi connectivity index (χ0n) is 13.3. The molecule has 3 rings (SSSR count). The van der Waals surface area contributed by atoms with E-state index in [9.17, 15) is 23.1 Å². The fraction of sp³-hybridized carbons (Fsp3) is 0.0526. The van der Waals surface area contributed by atoms with Crippen molar-refractivity contribution in [2.24, 2.45) is 5.10 Å². The molecule has 0 saturated carbocycles. The van der Waals surface area contributed by atoms with E-state index in [4.69, 9.17) is 0 Å². The van der Waals surface area contributed by atoms with Gasteiger partial charge in [-0.15, -0.1) is 0 Å². The summed E-state index contributed by atoms with van der Waals surface area (Å²) in [4.78, 5) is 12.2. The predicted octanol–water partition coefficient (Wildman–Crippen LogP) is 4.33. The summed E-state index contributed by atoms with van der Waals surface area (Å²) in [6.07, 6.45) is -3.61. The van der Waals surface area contributed by atoms with Gasteiger partial charge in [0.15, 0.2) is 0 Å². The van der Waals surface area contributed by atoms with Gasteiger partial charge in [-0.2, -0.15) is 18.3 Å². The maximum Gasteiger partial charge on any atom is 0.417 e. The van der Waals surface area contributed by atoms with Crippen LogP contribution in [-0.4, -0.2) is 17.2 Å². The first-order valence-electron chi connectivity index (χ1n) is 7.57. The Hall–Kier alpha value is -3.35. The topological polar surface area (TPSA) is 61.7 Å². The lowest BCUT2D eigenvalue weighted by Crippen LogP contribution is -2.18. The minimum Gasteiger partial charge on any atom is -0.507 e. The molecule has 3 aromatic carbocycles. The first-order valence-corrected chi connectivity index (χ1v) is 7.57. The van der Waals surface area contributed by atoms with E-state index < -0.39 is 17.6 Å². The van der Waals surface area contributed by atoms with E-state index in [1.807, 2.05) is 0 Å². The molecule has 0 unspecified atom stereocenters. The summed E-state index contributed by atoms with van der Waals surface area (Å²) >= 11 is 0. The van der Waals surface area contributed by atoms with Crippen molar-refractivity contribution in [2.45, 2.75) is 6.18 Å². The van der Waals surface area contributed by atoms with Crippen molar-refractivity contribution < 1.29 is 23.1 Å². The molecule has 4 nitrogen and oxygen atoms in total. The van der Waals surface area contributed by atoms with Crippen LogP contribution in [0.5, 0.6) is 5.75 Å². The number of fused-ring (bicyclic) bond motifs is 1. The zero-order valence-corrected chi connectivity index (χ0v) is 13.3. The Labute approximate surface area is 146 Å². The van der Waals surface area contributed by atoms with Gasteiger partial charge in [-0.1, -0.05) is 42.5 Å². The standard InChI is InChI=1S/C19H13F3N2O2/c20-19(21,22)16-8-4-3-7-14(16)11-23-24-18(26)15-9-12-5-1-2-6-13(12)10-17(15)25/h1-11,25H,(H,24,26)/b23-11+. The summed E-state index contributed by atoms with van der Waals surface area (Å²) in [7, 11) is 0. The van der Waals surface area contributed by atoms with Crippen molar-refractivity contribution >= 4 is 22.9 Å². The van der Waals surface area contributed by atoms with Crippen molar-refractivity contribution in [1.82, 2.24) is 5.43 Å². The van der Waals surface area contributed by atoms with Crippen molar-refractivity contribution in [3.63, 3.8) is 0 Å². The monoisotopic (exact) mass is 358 g/mol. The molecule has 3 aromatic rings. The first kappa shape index (κ1) is 17.5. The zero-order chi connectivity index (χ0) is 18.7. The van der Waals surface area contributed by atoms with Crippen LogP contribution in [0, 0.1) is 0 Å². The third-order valence-electron chi connectivity index (χ3n) is 3.74. The van der Waals surface area contributed by atoms with Gasteiger partial charge >= 0.3 is 6.18 Å². The highest BCUT2D eigenvalue weighted by Crippen LogP contribution is 2.31. The third kappa shape index (κ3) is 3.66. The molecule has 7 heteroatoms. The smallest absolute Gasteiger partial charge is 0.417 e. The van der Waals surface area contributed by atoms with E-state index in [1.54, 1.807) is 24.3 Å². The van der Waals surface area contributed by atoms with Gasteiger partial charge in [0.25, 0.3) is 5.91 Å². The number of rotatable bonds is 3. The molecule has 132 valence electrons. The Balaban J connectivity index is 1.82. The molecule has 1 amide bonds. The first-order chi connectivity index (χ1) is 12.4. The molecular weight excluding hydrogens is 345 g/mol. The van der Waals surface area contributed by atoms with Crippen molar-refractivity contribution in [3.05, 3.63) is 77.4 Å². The molecule has 0 heterocycles. The molecule has 0 aliphatic rings. The highest BCUT2D eigenvalue weighted by Gasteiger charge is 2.32. The fourth-order valence-electron chi connectivity index (χ4n) is 2.50. The highest BCUT2D eigenvalue weighted by molar-refractivity contribution is 6.01. The Morgan fingerprint density at radius 1 is 1.00 bits per heavy atom. The van der Waals surface area contributed by atoms with Crippen molar-refractivity contribution in [1.29, 1.82) is 0 Å². The minimum absolute atomic E-state index is 0.0232. The number of phenols is 1. The summed E-state index contributed by atoms with van der Waals surface area (Å²) in [5.74, 6) is -0.971. The number of nitrogens with zero attached hydrogens (tertiary/aromatic N) is 1. The number of halogens is 3. The van der Waals surface area contributed by atoms with E-state index >= 15 is 0 Å². The van der Waals surface area contributed by atoms with Crippen LogP contribution in [0.15, 0.2) is 65.8 Å². The number of amides is 1. The number of aromatic hydroxyl groups is 1. The SMILES string of the molecule is O=C(N/N=C/c1ccccc1C(F)(F)F)c1cc2ccccc2cc1O. The van der Waals surface area contributed by atoms with E-state index in [2.05, 4.69) is 10.5 Å². The Morgan fingerprint density at radius 3 is 2.31 bits per heavy atom. The lowest BCUT2D eigenvalue weighted by Gasteiger charge is -2.09. The number of carbonyl (C=O) groups excluding carboxylic acids is 1. The number of benzene rings is 3. The minimum atomic E-state index is -4.52. The number of carbonyl (C=O) groups is 1. The molecular formula is C19H13F3N2O2. The van der Waals surface area contributed by atoms with E-state index in [1.165, 1.54) is 30.3 Å². The van der Waals surface area contributed by atoms with Gasteiger partial charge in [0, 0.05) is 5.56 Å². The van der Waals surface area contributed by atoms with Gasteiger partial charge in [0.1, 0.15) is 5.75 Å². The number of hydrogen-bond acceptors (Lipinski definition) is 3. The molecule has 0 atom stereocenters. The van der Waals surface area contributed by atoms with Gasteiger partial charge in [-0.3, -0.25) is 4.79 Å². The summed E-state index contributed by atoms with van der Waals surface area (Å²) < 4.78 is 38.8. The number of phenolic OH excluding ortho intramolecular Hbond substituents is 1. The number of hydrogen-bond donors (Lipinski definition) is 2. The highest BCUT2D eigenvalue weighted by atomic mass is 19.4. The largest absolute Gasteiger partial charge is 0.507 e. The summed E-state index contributed by atoms with van der Waals surface area (Å²) in [6, 6.07) is 14.9. The van der Waals surface area contributed by atoms with Gasteiger partial charge in [-0.05, 0) is 29.0 Å². The summed E-state index contributed by atoms with van der Waals surface area (Å²) in [5.41, 5.74) is 1.08. The van der Waals surface area contributed by atoms with Gasteiger partial charge in [0.05, 0.1) is 17.3 Å². The maximum absolute atomic E-state index is 12.9. The van der Waals surface area contributed by atoms with Crippen LogP contribution in [0.4, 0.5) is 13.2 Å². The summed E-state index contributed by atoms with van der Waals surface area (Å²) in [6.45, 7) is 0. The van der Waals surface area contributed by atoms with Crippen LogP contribution in [0.2, 0.25) is 0 Å². The molecule has 0 aromatic heterocycles. The molecule has 0 aliphatic heterocycles. The predicted molar refractivity (Wildman–Crippen MR) is 92.1 cm³/mol. The normalized spacial score (nSPS) is 11.8. The van der Waals surface area contributed by atoms with Crippen molar-refractivity contribution in [3.8, 4) is 5.75 Å². The van der Waals surface area contributed by atoms with Gasteiger partial charge < -0.3 is 5.11 Å². The van der Waals surface area contributed by atoms with Crippen LogP contribution in [-0.2, 0) is 6.18 Å². The lowest BCUT2D eigenvalue weighted by atomic mass is 10.1. The molecule has 26 heavy (non-hydrogen) atoms. The fourth-order valence-corrected chi connectivity index (χ4v) is 2.50. The lowest BCUT2D eigenvalue weighted by molar-refractivity contribution is -0.137. The maximum atomic E-state index is 12.9. The molecule has 0 fully saturated rings. The second-order valence-electron chi connectivity index (χ2n) is 5.50. The van der Waals surface area contributed by atoms with E-state index in [0.717, 1.165) is 23.1 Å². The Kier molecular flexibility index (Phi) is 4.62. The average molecular weight is 358 g/mol. The van der Waals surface area contributed by atoms with E-state index in [-0.39, 0.29) is 16.9 Å². The third-order valence-corrected chi connectivity index (χ3v) is 3.74. The van der Waals surface area contributed by atoms with Crippen LogP contribution in [0.1, 0.15) is 21.5 Å². The van der Waals surface area contributed by atoms with Gasteiger partial charge in [-0.25, -0.2) is 5.43 Å². The van der Waals surface area contributed by atoms with Crippen molar-refractivity contribution in [2.75, 3.05) is 0 Å². The van der Waals surface area contributed by atoms with Crippen LogP contribution in [0.3, 0.4) is 0 Å². The Bertz CT molecular complexity index is 997. The quantitative estimate of drug-likeness (QED) is 0.541. The molecule has 0 spiro atoms. The van der Waals surface area contributed by atoms with Crippen LogP contribution < -0.4 is 5.43 Å².